The molecule has 0 bridgehead atoms. The largest absolute Gasteiger partial charge is 0.207 e. The smallest absolute Gasteiger partial charge is 0.123 e. The van der Waals surface area contributed by atoms with Gasteiger partial charge in [0.05, 0.1) is 0 Å². The fourth-order valence-corrected chi connectivity index (χ4v) is 5.83. The number of fused-ring (bicyclic) bond motifs is 5. The van der Waals surface area contributed by atoms with Crippen molar-refractivity contribution in [2.45, 2.75) is 32.6 Å². The normalized spacial score (nSPS) is 14.1. The highest BCUT2D eigenvalue weighted by atomic mass is 19.1. The van der Waals surface area contributed by atoms with Gasteiger partial charge in [0.15, 0.2) is 0 Å². The molecular formula is C35H29F. The fraction of sp³-hybridized carbons (Fsp3) is 0.143. The Morgan fingerprint density at radius 1 is 0.750 bits per heavy atom. The molecule has 0 unspecified atom stereocenters. The van der Waals surface area contributed by atoms with Crippen LogP contribution in [-0.2, 0) is 11.8 Å². The number of aryl methyl sites for hydroxylation is 1. The van der Waals surface area contributed by atoms with Crippen LogP contribution in [0.1, 0.15) is 47.2 Å². The molecular weight excluding hydrogens is 439 g/mol. The summed E-state index contributed by atoms with van der Waals surface area (Å²) in [6.07, 6.45) is 2.94. The van der Waals surface area contributed by atoms with Crippen molar-refractivity contribution in [2.24, 2.45) is 0 Å². The van der Waals surface area contributed by atoms with E-state index in [9.17, 15) is 4.39 Å². The molecule has 0 aliphatic heterocycles. The van der Waals surface area contributed by atoms with Gasteiger partial charge in [0.2, 0.25) is 0 Å². The molecule has 36 heavy (non-hydrogen) atoms. The van der Waals surface area contributed by atoms with Crippen LogP contribution in [0.4, 0.5) is 4.39 Å². The third-order valence-corrected chi connectivity index (χ3v) is 7.68. The number of allylic oxidation sites excluding steroid dienone is 1. The van der Waals surface area contributed by atoms with Gasteiger partial charge in [-0.05, 0) is 86.3 Å². The lowest BCUT2D eigenvalue weighted by Crippen LogP contribution is -2.15. The van der Waals surface area contributed by atoms with Gasteiger partial charge in [0.1, 0.15) is 5.82 Å². The van der Waals surface area contributed by atoms with E-state index in [1.54, 1.807) is 12.1 Å². The molecule has 0 nitrogen and oxygen atoms in total. The predicted molar refractivity (Wildman–Crippen MR) is 151 cm³/mol. The molecule has 1 aliphatic rings. The number of halogens is 1. The minimum Gasteiger partial charge on any atom is -0.207 e. The summed E-state index contributed by atoms with van der Waals surface area (Å²) < 4.78 is 13.9. The first-order valence-corrected chi connectivity index (χ1v) is 12.6. The molecule has 176 valence electrons. The van der Waals surface area contributed by atoms with Crippen molar-refractivity contribution >= 4 is 22.4 Å². The Labute approximate surface area is 212 Å². The van der Waals surface area contributed by atoms with E-state index in [4.69, 9.17) is 0 Å². The first-order chi connectivity index (χ1) is 17.4. The molecule has 5 aromatic rings. The lowest BCUT2D eigenvalue weighted by atomic mass is 9.80. The predicted octanol–water partition coefficient (Wildman–Crippen LogP) is 9.38. The zero-order valence-electron chi connectivity index (χ0n) is 21.0. The third-order valence-electron chi connectivity index (χ3n) is 7.68. The standard InChI is InChI=1S/C35H29F/c1-23-18-33-34(30-15-8-7-14-29(23)30)31-17-16-25(22-32(31)35(33,2)3)20-27(26-11-5-4-6-12-26)19-24-10-9-13-28(36)21-24/h4-18,20-22H,19H2,1-3H3/b27-20-. The molecule has 0 saturated carbocycles. The molecule has 0 amide bonds. The van der Waals surface area contributed by atoms with Crippen molar-refractivity contribution in [3.63, 3.8) is 0 Å². The van der Waals surface area contributed by atoms with Crippen LogP contribution in [-0.4, -0.2) is 0 Å². The lowest BCUT2D eigenvalue weighted by Gasteiger charge is -2.22. The number of benzene rings is 5. The van der Waals surface area contributed by atoms with Crippen LogP contribution in [0.15, 0.2) is 103 Å². The van der Waals surface area contributed by atoms with Crippen molar-refractivity contribution in [3.05, 3.63) is 142 Å². The Morgan fingerprint density at radius 3 is 2.28 bits per heavy atom. The van der Waals surface area contributed by atoms with E-state index >= 15 is 0 Å². The van der Waals surface area contributed by atoms with Crippen LogP contribution in [0.2, 0.25) is 0 Å². The molecule has 6 rings (SSSR count). The van der Waals surface area contributed by atoms with Crippen molar-refractivity contribution < 1.29 is 4.39 Å². The van der Waals surface area contributed by atoms with E-state index in [0.717, 1.165) is 11.1 Å². The highest BCUT2D eigenvalue weighted by molar-refractivity contribution is 6.04. The Morgan fingerprint density at radius 2 is 1.50 bits per heavy atom. The molecule has 0 aromatic heterocycles. The van der Waals surface area contributed by atoms with E-state index < -0.39 is 0 Å². The number of hydrogen-bond acceptors (Lipinski definition) is 0. The SMILES string of the molecule is Cc1cc2c(c3ccccc13)-c1ccc(/C=C(/Cc3cccc(F)c3)c3ccccc3)cc1C2(C)C. The molecule has 0 N–H and O–H groups in total. The first kappa shape index (κ1) is 22.5. The highest BCUT2D eigenvalue weighted by Gasteiger charge is 2.36. The van der Waals surface area contributed by atoms with Crippen molar-refractivity contribution in [3.8, 4) is 11.1 Å². The van der Waals surface area contributed by atoms with Crippen LogP contribution in [0.3, 0.4) is 0 Å². The third kappa shape index (κ3) is 3.76. The van der Waals surface area contributed by atoms with Gasteiger partial charge in [-0.2, -0.15) is 0 Å². The lowest BCUT2D eigenvalue weighted by molar-refractivity contribution is 0.626. The summed E-state index contributed by atoms with van der Waals surface area (Å²) in [5.74, 6) is -0.195. The summed E-state index contributed by atoms with van der Waals surface area (Å²) in [7, 11) is 0. The van der Waals surface area contributed by atoms with E-state index in [1.807, 2.05) is 12.1 Å². The van der Waals surface area contributed by atoms with Gasteiger partial charge >= 0.3 is 0 Å². The maximum absolute atomic E-state index is 13.9. The van der Waals surface area contributed by atoms with Gasteiger partial charge in [-0.25, -0.2) is 4.39 Å². The fourth-order valence-electron chi connectivity index (χ4n) is 5.83. The summed E-state index contributed by atoms with van der Waals surface area (Å²) in [6, 6.07) is 35.3. The van der Waals surface area contributed by atoms with Crippen LogP contribution < -0.4 is 0 Å². The van der Waals surface area contributed by atoms with E-state index in [2.05, 4.69) is 99.6 Å². The second-order valence-electron chi connectivity index (χ2n) is 10.4. The van der Waals surface area contributed by atoms with Crippen LogP contribution in [0, 0.1) is 12.7 Å². The maximum Gasteiger partial charge on any atom is 0.123 e. The molecule has 0 atom stereocenters. The Balaban J connectivity index is 1.49. The molecule has 1 heteroatoms. The van der Waals surface area contributed by atoms with Gasteiger partial charge in [-0.3, -0.25) is 0 Å². The molecule has 0 spiro atoms. The van der Waals surface area contributed by atoms with Gasteiger partial charge in [-0.15, -0.1) is 0 Å². The zero-order chi connectivity index (χ0) is 24.9. The monoisotopic (exact) mass is 468 g/mol. The summed E-state index contributed by atoms with van der Waals surface area (Å²) in [4.78, 5) is 0. The van der Waals surface area contributed by atoms with Crippen molar-refractivity contribution in [2.75, 3.05) is 0 Å². The van der Waals surface area contributed by atoms with Gasteiger partial charge in [0, 0.05) is 5.41 Å². The Hall–Kier alpha value is -3.97. The Bertz CT molecular complexity index is 1640. The van der Waals surface area contributed by atoms with Crippen molar-refractivity contribution in [1.29, 1.82) is 0 Å². The van der Waals surface area contributed by atoms with E-state index in [1.165, 1.54) is 55.8 Å². The minimum absolute atomic E-state index is 0.0845. The van der Waals surface area contributed by atoms with Crippen LogP contribution in [0.25, 0.3) is 33.5 Å². The van der Waals surface area contributed by atoms with Crippen molar-refractivity contribution in [1.82, 2.24) is 0 Å². The molecule has 5 aromatic carbocycles. The number of rotatable bonds is 4. The molecule has 0 fully saturated rings. The van der Waals surface area contributed by atoms with Gasteiger partial charge < -0.3 is 0 Å². The van der Waals surface area contributed by atoms with Crippen LogP contribution >= 0.6 is 0 Å². The summed E-state index contributed by atoms with van der Waals surface area (Å²) in [6.45, 7) is 6.89. The second-order valence-corrected chi connectivity index (χ2v) is 10.4. The van der Waals surface area contributed by atoms with Gasteiger partial charge in [0.25, 0.3) is 0 Å². The first-order valence-electron chi connectivity index (χ1n) is 12.6. The van der Waals surface area contributed by atoms with E-state index in [0.29, 0.717) is 6.42 Å². The topological polar surface area (TPSA) is 0 Å². The maximum atomic E-state index is 13.9. The summed E-state index contributed by atoms with van der Waals surface area (Å²) in [5.41, 5.74) is 11.2. The molecule has 0 radical (unpaired) electrons. The Kier molecular flexibility index (Phi) is 5.38. The minimum atomic E-state index is -0.195. The summed E-state index contributed by atoms with van der Waals surface area (Å²) >= 11 is 0. The second kappa shape index (κ2) is 8.60. The number of hydrogen-bond donors (Lipinski definition) is 0. The van der Waals surface area contributed by atoms with Crippen LogP contribution in [0.5, 0.6) is 0 Å². The summed E-state index contributed by atoms with van der Waals surface area (Å²) in [5, 5.41) is 2.66. The van der Waals surface area contributed by atoms with E-state index in [-0.39, 0.29) is 11.2 Å². The molecule has 0 heterocycles. The average Bonchev–Trinajstić information content (AvgIpc) is 3.11. The molecule has 0 saturated heterocycles. The average molecular weight is 469 g/mol. The highest BCUT2D eigenvalue weighted by Crippen LogP contribution is 2.52. The van der Waals surface area contributed by atoms with Gasteiger partial charge in [-0.1, -0.05) is 111 Å². The zero-order valence-corrected chi connectivity index (χ0v) is 21.0. The molecule has 1 aliphatic carbocycles. The quantitative estimate of drug-likeness (QED) is 0.230.